The van der Waals surface area contributed by atoms with Gasteiger partial charge < -0.3 is 20.3 Å². The van der Waals surface area contributed by atoms with E-state index in [9.17, 15) is 4.79 Å². The first-order valence-corrected chi connectivity index (χ1v) is 9.53. The number of nitrogens with zero attached hydrogens (tertiary/aromatic N) is 2. The highest BCUT2D eigenvalue weighted by molar-refractivity contribution is 14.0. The van der Waals surface area contributed by atoms with Crippen molar-refractivity contribution in [1.29, 1.82) is 0 Å². The van der Waals surface area contributed by atoms with E-state index >= 15 is 0 Å². The quantitative estimate of drug-likeness (QED) is 0.380. The number of rotatable bonds is 4. The molecule has 3 fully saturated rings. The first-order chi connectivity index (χ1) is 11.7. The zero-order valence-corrected chi connectivity index (χ0v) is 17.7. The van der Waals surface area contributed by atoms with Gasteiger partial charge in [-0.25, -0.2) is 0 Å². The lowest BCUT2D eigenvalue weighted by molar-refractivity contribution is -0.121. The topological polar surface area (TPSA) is 66.0 Å². The third kappa shape index (κ3) is 5.70. The van der Waals surface area contributed by atoms with Crippen LogP contribution in [0, 0.1) is 5.41 Å². The van der Waals surface area contributed by atoms with Crippen LogP contribution in [0.2, 0.25) is 0 Å². The molecule has 2 saturated heterocycles. The van der Waals surface area contributed by atoms with Crippen molar-refractivity contribution < 1.29 is 9.53 Å². The fourth-order valence-corrected chi connectivity index (χ4v) is 4.25. The minimum Gasteiger partial charge on any atom is -0.381 e. The second kappa shape index (κ2) is 9.94. The SMILES string of the molecule is CN=C(NCCC(=O)NC1CCCCC1)N1CCC2(CCOC2)C1.I. The van der Waals surface area contributed by atoms with E-state index in [1.807, 2.05) is 7.05 Å². The molecule has 3 rings (SSSR count). The van der Waals surface area contributed by atoms with Gasteiger partial charge in [0, 0.05) is 51.2 Å². The molecule has 144 valence electrons. The third-order valence-electron chi connectivity index (χ3n) is 5.74. The molecule has 1 spiro atoms. The Balaban J connectivity index is 0.00000225. The van der Waals surface area contributed by atoms with Gasteiger partial charge in [0.15, 0.2) is 5.96 Å². The molecule has 1 aliphatic carbocycles. The molecule has 0 radical (unpaired) electrons. The number of halogens is 1. The average molecular weight is 464 g/mol. The summed E-state index contributed by atoms with van der Waals surface area (Å²) < 4.78 is 5.59. The van der Waals surface area contributed by atoms with E-state index in [1.54, 1.807) is 0 Å². The van der Waals surface area contributed by atoms with Gasteiger partial charge in [0.1, 0.15) is 0 Å². The van der Waals surface area contributed by atoms with Crippen LogP contribution >= 0.6 is 24.0 Å². The zero-order valence-electron chi connectivity index (χ0n) is 15.4. The van der Waals surface area contributed by atoms with Crippen LogP contribution in [-0.4, -0.2) is 62.7 Å². The second-order valence-electron chi connectivity index (χ2n) is 7.60. The van der Waals surface area contributed by atoms with Crippen LogP contribution in [-0.2, 0) is 9.53 Å². The minimum absolute atomic E-state index is 0. The molecular formula is C18H33IN4O2. The Labute approximate surface area is 168 Å². The Kier molecular flexibility index (Phi) is 8.25. The number of guanidine groups is 1. The molecule has 25 heavy (non-hydrogen) atoms. The van der Waals surface area contributed by atoms with Crippen molar-refractivity contribution in [1.82, 2.24) is 15.5 Å². The standard InChI is InChI=1S/C18H32N4O2.HI/c1-19-17(22-11-8-18(13-22)9-12-24-14-18)20-10-7-16(23)21-15-5-3-2-4-6-15;/h15H,2-14H2,1H3,(H,19,20)(H,21,23);1H. The predicted molar refractivity (Wildman–Crippen MR) is 110 cm³/mol. The van der Waals surface area contributed by atoms with E-state index in [4.69, 9.17) is 4.74 Å². The highest BCUT2D eigenvalue weighted by Crippen LogP contribution is 2.38. The minimum atomic E-state index is 0. The highest BCUT2D eigenvalue weighted by Gasteiger charge is 2.42. The van der Waals surface area contributed by atoms with E-state index in [0.29, 0.717) is 24.4 Å². The van der Waals surface area contributed by atoms with Crippen molar-refractivity contribution in [2.24, 2.45) is 10.4 Å². The van der Waals surface area contributed by atoms with Crippen LogP contribution in [0.5, 0.6) is 0 Å². The summed E-state index contributed by atoms with van der Waals surface area (Å²) >= 11 is 0. The molecule has 1 unspecified atom stereocenters. The summed E-state index contributed by atoms with van der Waals surface area (Å²) in [7, 11) is 1.82. The lowest BCUT2D eigenvalue weighted by Gasteiger charge is -2.25. The number of amides is 1. The number of carbonyl (C=O) groups excluding carboxylic acids is 1. The average Bonchev–Trinajstić information content (AvgIpc) is 3.23. The number of carbonyl (C=O) groups is 1. The summed E-state index contributed by atoms with van der Waals surface area (Å²) in [6.07, 6.45) is 8.93. The van der Waals surface area contributed by atoms with Crippen molar-refractivity contribution in [3.8, 4) is 0 Å². The van der Waals surface area contributed by atoms with E-state index < -0.39 is 0 Å². The molecule has 0 aromatic rings. The molecule has 0 aromatic heterocycles. The number of nitrogens with one attached hydrogen (secondary N) is 2. The zero-order chi connectivity index (χ0) is 16.8. The summed E-state index contributed by atoms with van der Waals surface area (Å²) in [5.74, 6) is 1.08. The smallest absolute Gasteiger partial charge is 0.221 e. The first kappa shape index (κ1) is 20.7. The van der Waals surface area contributed by atoms with Gasteiger partial charge in [0.2, 0.25) is 5.91 Å². The molecule has 0 aromatic carbocycles. The number of ether oxygens (including phenoxy) is 1. The molecule has 0 bridgehead atoms. The monoisotopic (exact) mass is 464 g/mol. The van der Waals surface area contributed by atoms with Crippen molar-refractivity contribution >= 4 is 35.8 Å². The lowest BCUT2D eigenvalue weighted by Crippen LogP contribution is -2.43. The van der Waals surface area contributed by atoms with Crippen molar-refractivity contribution in [3.63, 3.8) is 0 Å². The van der Waals surface area contributed by atoms with Gasteiger partial charge in [-0.3, -0.25) is 9.79 Å². The maximum absolute atomic E-state index is 12.1. The summed E-state index contributed by atoms with van der Waals surface area (Å²) in [6, 6.07) is 0.395. The molecule has 2 heterocycles. The van der Waals surface area contributed by atoms with Crippen LogP contribution in [0.25, 0.3) is 0 Å². The van der Waals surface area contributed by atoms with Gasteiger partial charge in [-0.2, -0.15) is 0 Å². The second-order valence-corrected chi connectivity index (χ2v) is 7.60. The molecule has 2 aliphatic heterocycles. The molecule has 1 amide bonds. The Morgan fingerprint density at radius 3 is 2.76 bits per heavy atom. The molecule has 1 saturated carbocycles. The van der Waals surface area contributed by atoms with Crippen LogP contribution in [0.3, 0.4) is 0 Å². The number of hydrogen-bond acceptors (Lipinski definition) is 3. The van der Waals surface area contributed by atoms with Crippen LogP contribution in [0.4, 0.5) is 0 Å². The van der Waals surface area contributed by atoms with E-state index in [1.165, 1.54) is 25.7 Å². The predicted octanol–water partition coefficient (Wildman–Crippen LogP) is 2.13. The van der Waals surface area contributed by atoms with Crippen LogP contribution in [0.1, 0.15) is 51.4 Å². The summed E-state index contributed by atoms with van der Waals surface area (Å²) in [5, 5.41) is 6.53. The van der Waals surface area contributed by atoms with Gasteiger partial charge in [-0.15, -0.1) is 24.0 Å². The molecule has 6 nitrogen and oxygen atoms in total. The van der Waals surface area contributed by atoms with Crippen LogP contribution < -0.4 is 10.6 Å². The van der Waals surface area contributed by atoms with Gasteiger partial charge in [-0.1, -0.05) is 19.3 Å². The first-order valence-electron chi connectivity index (χ1n) is 9.53. The Bertz CT molecular complexity index is 460. The Morgan fingerprint density at radius 1 is 1.28 bits per heavy atom. The molecule has 2 N–H and O–H groups in total. The van der Waals surface area contributed by atoms with Crippen molar-refractivity contribution in [2.45, 2.75) is 57.4 Å². The Morgan fingerprint density at radius 2 is 2.08 bits per heavy atom. The number of hydrogen-bond donors (Lipinski definition) is 2. The van der Waals surface area contributed by atoms with Crippen molar-refractivity contribution in [2.75, 3.05) is 39.9 Å². The lowest BCUT2D eigenvalue weighted by atomic mass is 9.87. The van der Waals surface area contributed by atoms with Gasteiger partial charge in [0.05, 0.1) is 6.61 Å². The summed E-state index contributed by atoms with van der Waals surface area (Å²) in [4.78, 5) is 18.8. The molecular weight excluding hydrogens is 431 g/mol. The van der Waals surface area contributed by atoms with Gasteiger partial charge in [-0.05, 0) is 25.7 Å². The number of likely N-dealkylation sites (tertiary alicyclic amines) is 1. The van der Waals surface area contributed by atoms with Crippen molar-refractivity contribution in [3.05, 3.63) is 0 Å². The third-order valence-corrected chi connectivity index (χ3v) is 5.74. The fraction of sp³-hybridized carbons (Fsp3) is 0.889. The molecule has 1 atom stereocenters. The largest absolute Gasteiger partial charge is 0.381 e. The summed E-state index contributed by atoms with van der Waals surface area (Å²) in [6.45, 7) is 4.45. The van der Waals surface area contributed by atoms with Crippen LogP contribution in [0.15, 0.2) is 4.99 Å². The normalized spacial score (nSPS) is 27.4. The summed E-state index contributed by atoms with van der Waals surface area (Å²) in [5.41, 5.74) is 0.329. The van der Waals surface area contributed by atoms with E-state index in [2.05, 4.69) is 20.5 Å². The van der Waals surface area contributed by atoms with E-state index in [0.717, 1.165) is 51.5 Å². The maximum Gasteiger partial charge on any atom is 0.221 e. The van der Waals surface area contributed by atoms with Gasteiger partial charge >= 0.3 is 0 Å². The Hall–Kier alpha value is -0.570. The van der Waals surface area contributed by atoms with E-state index in [-0.39, 0.29) is 29.9 Å². The fourth-order valence-electron chi connectivity index (χ4n) is 4.25. The molecule has 7 heteroatoms. The molecule has 3 aliphatic rings. The highest BCUT2D eigenvalue weighted by atomic mass is 127. The van der Waals surface area contributed by atoms with Gasteiger partial charge in [0.25, 0.3) is 0 Å². The maximum atomic E-state index is 12.1. The number of aliphatic imine (C=N–C) groups is 1.